The summed E-state index contributed by atoms with van der Waals surface area (Å²) in [6.07, 6.45) is 0. The summed E-state index contributed by atoms with van der Waals surface area (Å²) < 4.78 is 5.76. The summed E-state index contributed by atoms with van der Waals surface area (Å²) in [6, 6.07) is 16.2. The van der Waals surface area contributed by atoms with Gasteiger partial charge in [-0.3, -0.25) is 0 Å². The SMILES string of the molecule is CC(C)c1ccc(OCc2nc3ccccc3[nH]2)cc1. The Morgan fingerprint density at radius 1 is 1.05 bits per heavy atom. The molecular formula is C17H18N2O. The van der Waals surface area contributed by atoms with E-state index in [1.54, 1.807) is 0 Å². The van der Waals surface area contributed by atoms with E-state index in [1.165, 1.54) is 5.56 Å². The van der Waals surface area contributed by atoms with Gasteiger partial charge in [0.05, 0.1) is 11.0 Å². The van der Waals surface area contributed by atoms with E-state index >= 15 is 0 Å². The molecule has 3 nitrogen and oxygen atoms in total. The van der Waals surface area contributed by atoms with Gasteiger partial charge in [0.1, 0.15) is 18.2 Å². The number of nitrogens with zero attached hydrogens (tertiary/aromatic N) is 1. The molecule has 3 aromatic rings. The van der Waals surface area contributed by atoms with Crippen LogP contribution in [-0.4, -0.2) is 9.97 Å². The second-order valence-corrected chi connectivity index (χ2v) is 5.21. The maximum absolute atomic E-state index is 5.76. The molecule has 0 spiro atoms. The molecular weight excluding hydrogens is 248 g/mol. The van der Waals surface area contributed by atoms with Gasteiger partial charge in [0.2, 0.25) is 0 Å². The van der Waals surface area contributed by atoms with E-state index in [0.717, 1.165) is 22.6 Å². The summed E-state index contributed by atoms with van der Waals surface area (Å²) in [5.41, 5.74) is 3.34. The van der Waals surface area contributed by atoms with Gasteiger partial charge in [-0.1, -0.05) is 38.1 Å². The summed E-state index contributed by atoms with van der Waals surface area (Å²) in [5.74, 6) is 2.26. The lowest BCUT2D eigenvalue weighted by Crippen LogP contribution is -1.97. The Kier molecular flexibility index (Phi) is 3.42. The highest BCUT2D eigenvalue weighted by molar-refractivity contribution is 5.74. The van der Waals surface area contributed by atoms with Crippen molar-refractivity contribution in [3.8, 4) is 5.75 Å². The van der Waals surface area contributed by atoms with Gasteiger partial charge in [0.25, 0.3) is 0 Å². The van der Waals surface area contributed by atoms with Crippen LogP contribution in [0.3, 0.4) is 0 Å². The molecule has 0 unspecified atom stereocenters. The van der Waals surface area contributed by atoms with Crippen molar-refractivity contribution in [2.75, 3.05) is 0 Å². The number of aromatic nitrogens is 2. The summed E-state index contributed by atoms with van der Waals surface area (Å²) in [4.78, 5) is 7.75. The Bertz CT molecular complexity index is 665. The molecule has 0 bridgehead atoms. The molecule has 0 fully saturated rings. The number of ether oxygens (including phenoxy) is 1. The summed E-state index contributed by atoms with van der Waals surface area (Å²) >= 11 is 0. The first-order chi connectivity index (χ1) is 9.72. The third-order valence-electron chi connectivity index (χ3n) is 3.36. The molecule has 3 rings (SSSR count). The molecule has 1 N–H and O–H groups in total. The van der Waals surface area contributed by atoms with E-state index in [9.17, 15) is 0 Å². The number of hydrogen-bond donors (Lipinski definition) is 1. The van der Waals surface area contributed by atoms with Gasteiger partial charge < -0.3 is 9.72 Å². The Morgan fingerprint density at radius 2 is 1.80 bits per heavy atom. The normalized spacial score (nSPS) is 11.2. The monoisotopic (exact) mass is 266 g/mol. The lowest BCUT2D eigenvalue weighted by molar-refractivity contribution is 0.297. The first-order valence-corrected chi connectivity index (χ1v) is 6.89. The van der Waals surface area contributed by atoms with Gasteiger partial charge in [-0.15, -0.1) is 0 Å². The number of aromatic amines is 1. The zero-order chi connectivity index (χ0) is 13.9. The standard InChI is InChI=1S/C17H18N2O/c1-12(2)13-7-9-14(10-8-13)20-11-17-18-15-5-3-4-6-16(15)19-17/h3-10,12H,11H2,1-2H3,(H,18,19). The molecule has 20 heavy (non-hydrogen) atoms. The molecule has 0 aliphatic heterocycles. The van der Waals surface area contributed by atoms with Gasteiger partial charge in [-0.05, 0) is 35.7 Å². The first-order valence-electron chi connectivity index (χ1n) is 6.89. The van der Waals surface area contributed by atoms with Gasteiger partial charge in [-0.2, -0.15) is 0 Å². The fraction of sp³-hybridized carbons (Fsp3) is 0.235. The summed E-state index contributed by atoms with van der Waals surface area (Å²) in [5, 5.41) is 0. The van der Waals surface area contributed by atoms with Crippen LogP contribution in [0, 0.1) is 0 Å². The number of hydrogen-bond acceptors (Lipinski definition) is 2. The van der Waals surface area contributed by atoms with Crippen molar-refractivity contribution in [1.29, 1.82) is 0 Å². The molecule has 0 aliphatic rings. The smallest absolute Gasteiger partial charge is 0.146 e. The summed E-state index contributed by atoms with van der Waals surface area (Å²) in [7, 11) is 0. The predicted molar refractivity (Wildman–Crippen MR) is 81.0 cm³/mol. The van der Waals surface area contributed by atoms with Gasteiger partial charge in [0.15, 0.2) is 0 Å². The van der Waals surface area contributed by atoms with E-state index in [0.29, 0.717) is 12.5 Å². The van der Waals surface area contributed by atoms with Crippen molar-refractivity contribution in [2.45, 2.75) is 26.4 Å². The van der Waals surface area contributed by atoms with Crippen LogP contribution in [0.4, 0.5) is 0 Å². The number of fused-ring (bicyclic) bond motifs is 1. The zero-order valence-corrected chi connectivity index (χ0v) is 11.8. The minimum Gasteiger partial charge on any atom is -0.486 e. The van der Waals surface area contributed by atoms with Crippen molar-refractivity contribution in [3.63, 3.8) is 0 Å². The number of nitrogens with one attached hydrogen (secondary N) is 1. The van der Waals surface area contributed by atoms with Gasteiger partial charge in [0, 0.05) is 0 Å². The maximum atomic E-state index is 5.76. The van der Waals surface area contributed by atoms with Crippen molar-refractivity contribution in [1.82, 2.24) is 9.97 Å². The highest BCUT2D eigenvalue weighted by atomic mass is 16.5. The lowest BCUT2D eigenvalue weighted by Gasteiger charge is -2.07. The van der Waals surface area contributed by atoms with Crippen LogP contribution in [0.2, 0.25) is 0 Å². The maximum Gasteiger partial charge on any atom is 0.146 e. The van der Waals surface area contributed by atoms with Crippen molar-refractivity contribution < 1.29 is 4.74 Å². The molecule has 3 heteroatoms. The van der Waals surface area contributed by atoms with Gasteiger partial charge in [-0.25, -0.2) is 4.98 Å². The van der Waals surface area contributed by atoms with Crippen LogP contribution in [-0.2, 0) is 6.61 Å². The van der Waals surface area contributed by atoms with E-state index in [1.807, 2.05) is 36.4 Å². The lowest BCUT2D eigenvalue weighted by atomic mass is 10.0. The highest BCUT2D eigenvalue weighted by Crippen LogP contribution is 2.19. The number of rotatable bonds is 4. The molecule has 0 atom stereocenters. The molecule has 0 aliphatic carbocycles. The molecule has 1 aromatic heterocycles. The topological polar surface area (TPSA) is 37.9 Å². The highest BCUT2D eigenvalue weighted by Gasteiger charge is 2.03. The number of imidazole rings is 1. The fourth-order valence-corrected chi connectivity index (χ4v) is 2.17. The number of benzene rings is 2. The van der Waals surface area contributed by atoms with E-state index < -0.39 is 0 Å². The largest absolute Gasteiger partial charge is 0.486 e. The minimum absolute atomic E-state index is 0.454. The second-order valence-electron chi connectivity index (χ2n) is 5.21. The van der Waals surface area contributed by atoms with Crippen molar-refractivity contribution in [2.24, 2.45) is 0 Å². The van der Waals surface area contributed by atoms with E-state index in [-0.39, 0.29) is 0 Å². The number of H-pyrrole nitrogens is 1. The Balaban J connectivity index is 1.69. The molecule has 0 amide bonds. The fourth-order valence-electron chi connectivity index (χ4n) is 2.17. The zero-order valence-electron chi connectivity index (χ0n) is 11.8. The molecule has 0 saturated heterocycles. The molecule has 0 saturated carbocycles. The predicted octanol–water partition coefficient (Wildman–Crippen LogP) is 4.27. The van der Waals surface area contributed by atoms with E-state index in [2.05, 4.69) is 35.9 Å². The molecule has 102 valence electrons. The summed E-state index contributed by atoms with van der Waals surface area (Å²) in [6.45, 7) is 4.82. The number of para-hydroxylation sites is 2. The third kappa shape index (κ3) is 2.67. The van der Waals surface area contributed by atoms with Crippen molar-refractivity contribution >= 4 is 11.0 Å². The van der Waals surface area contributed by atoms with Gasteiger partial charge >= 0.3 is 0 Å². The van der Waals surface area contributed by atoms with Crippen LogP contribution < -0.4 is 4.74 Å². The Hall–Kier alpha value is -2.29. The third-order valence-corrected chi connectivity index (χ3v) is 3.36. The molecule has 0 radical (unpaired) electrons. The van der Waals surface area contributed by atoms with Crippen molar-refractivity contribution in [3.05, 3.63) is 59.9 Å². The van der Waals surface area contributed by atoms with Crippen LogP contribution in [0.25, 0.3) is 11.0 Å². The molecule has 1 heterocycles. The van der Waals surface area contributed by atoms with E-state index in [4.69, 9.17) is 4.74 Å². The van der Waals surface area contributed by atoms with Crippen LogP contribution >= 0.6 is 0 Å². The first kappa shape index (κ1) is 12.7. The van der Waals surface area contributed by atoms with Crippen LogP contribution in [0.1, 0.15) is 31.2 Å². The van der Waals surface area contributed by atoms with Crippen LogP contribution in [0.5, 0.6) is 5.75 Å². The average Bonchev–Trinajstić information content (AvgIpc) is 2.88. The minimum atomic E-state index is 0.454. The Labute approximate surface area is 118 Å². The molecule has 2 aromatic carbocycles. The average molecular weight is 266 g/mol. The van der Waals surface area contributed by atoms with Crippen LogP contribution in [0.15, 0.2) is 48.5 Å². The second kappa shape index (κ2) is 5.37. The quantitative estimate of drug-likeness (QED) is 0.766. The Morgan fingerprint density at radius 3 is 2.50 bits per heavy atom.